The van der Waals surface area contributed by atoms with Gasteiger partial charge in [0.25, 0.3) is 0 Å². The number of rotatable bonds is 6. The molecule has 31 heavy (non-hydrogen) atoms. The summed E-state index contributed by atoms with van der Waals surface area (Å²) in [6.07, 6.45) is -0.0550. The summed E-state index contributed by atoms with van der Waals surface area (Å²) >= 11 is 0. The first-order valence-corrected chi connectivity index (χ1v) is 9.64. The number of benzene rings is 2. The molecule has 2 heterocycles. The van der Waals surface area contributed by atoms with E-state index in [9.17, 15) is 14.4 Å². The molecule has 0 radical (unpaired) electrons. The summed E-state index contributed by atoms with van der Waals surface area (Å²) < 4.78 is 6.82. The van der Waals surface area contributed by atoms with Crippen LogP contribution in [-0.4, -0.2) is 34.6 Å². The number of aromatic nitrogens is 2. The molecule has 0 bridgehead atoms. The van der Waals surface area contributed by atoms with E-state index in [2.05, 4.69) is 15.7 Å². The summed E-state index contributed by atoms with van der Waals surface area (Å²) in [5.74, 6) is -0.771. The van der Waals surface area contributed by atoms with Gasteiger partial charge in [0.15, 0.2) is 0 Å². The zero-order valence-electron chi connectivity index (χ0n) is 16.8. The number of carbonyl (C=O) groups excluding carboxylic acids is 3. The molecule has 4 N–H and O–H groups in total. The highest BCUT2D eigenvalue weighted by Crippen LogP contribution is 2.37. The van der Waals surface area contributed by atoms with Crippen LogP contribution < -0.4 is 16.4 Å². The second kappa shape index (κ2) is 8.41. The number of nitrogens with zero attached hydrogens (tertiary/aromatic N) is 2. The van der Waals surface area contributed by atoms with E-state index < -0.39 is 17.9 Å². The number of nitrogens with two attached hydrogens (primary N) is 1. The van der Waals surface area contributed by atoms with Gasteiger partial charge in [-0.05, 0) is 29.8 Å². The number of primary amides is 1. The number of carbonyl (C=O) groups is 3. The lowest BCUT2D eigenvalue weighted by Crippen LogP contribution is -2.35. The molecule has 9 nitrogen and oxygen atoms in total. The minimum absolute atomic E-state index is 0.0550. The lowest BCUT2D eigenvalue weighted by Gasteiger charge is -2.24. The Labute approximate surface area is 178 Å². The van der Waals surface area contributed by atoms with Crippen molar-refractivity contribution in [1.82, 2.24) is 9.78 Å². The van der Waals surface area contributed by atoms with E-state index in [1.54, 1.807) is 19.2 Å². The number of amides is 3. The van der Waals surface area contributed by atoms with E-state index >= 15 is 0 Å². The lowest BCUT2D eigenvalue weighted by atomic mass is 10.0. The van der Waals surface area contributed by atoms with Gasteiger partial charge < -0.3 is 21.1 Å². The van der Waals surface area contributed by atoms with Crippen LogP contribution in [0, 0.1) is 0 Å². The molecule has 0 spiro atoms. The molecule has 158 valence electrons. The van der Waals surface area contributed by atoms with Crippen molar-refractivity contribution in [3.05, 3.63) is 65.9 Å². The number of nitrogens with one attached hydrogen (secondary N) is 2. The summed E-state index contributed by atoms with van der Waals surface area (Å²) in [6.45, 7) is 0.225. The molecular formula is C22H21N5O4. The minimum Gasteiger partial charge on any atom is -0.378 e. The van der Waals surface area contributed by atoms with E-state index in [4.69, 9.17) is 10.5 Å². The van der Waals surface area contributed by atoms with Gasteiger partial charge >= 0.3 is 0 Å². The molecule has 1 atom stereocenters. The molecule has 0 saturated carbocycles. The Morgan fingerprint density at radius 3 is 2.55 bits per heavy atom. The molecule has 1 aliphatic rings. The Hall–Kier alpha value is -3.98. The fraction of sp³-hybridized carbons (Fsp3) is 0.182. The molecule has 3 amide bonds. The summed E-state index contributed by atoms with van der Waals surface area (Å²) in [5.41, 5.74) is 8.26. The maximum Gasteiger partial charge on any atom is 0.249 e. The topological polar surface area (TPSA) is 128 Å². The molecule has 0 saturated heterocycles. The van der Waals surface area contributed by atoms with Crippen LogP contribution in [0.15, 0.2) is 54.6 Å². The summed E-state index contributed by atoms with van der Waals surface area (Å²) in [6, 6.07) is 14.9. The molecular weight excluding hydrogens is 398 g/mol. The van der Waals surface area contributed by atoms with Crippen molar-refractivity contribution in [3.8, 4) is 11.1 Å². The first-order valence-electron chi connectivity index (χ1n) is 9.64. The predicted octanol–water partition coefficient (Wildman–Crippen LogP) is 2.32. The number of hydrogen-bond donors (Lipinski definition) is 3. The standard InChI is InChI=1S/C22H21N5O4/c1-31-12-16-19(13-5-3-2-4-6-13)21-25-18(28)11-17(27(21)26-16)22(30)24-15-9-7-14(8-10-15)20(23)29/h2-10,17H,11-12H2,1H3,(H2,23,29)(H,24,30)(H,25,28)/t17-/m1/s1. The van der Waals surface area contributed by atoms with Gasteiger partial charge in [0.2, 0.25) is 17.7 Å². The highest BCUT2D eigenvalue weighted by atomic mass is 16.5. The van der Waals surface area contributed by atoms with Crippen molar-refractivity contribution >= 4 is 29.2 Å². The number of hydrogen-bond acceptors (Lipinski definition) is 5. The van der Waals surface area contributed by atoms with E-state index in [0.717, 1.165) is 11.1 Å². The molecule has 0 aliphatic carbocycles. The smallest absolute Gasteiger partial charge is 0.249 e. The highest BCUT2D eigenvalue weighted by Gasteiger charge is 2.35. The van der Waals surface area contributed by atoms with Gasteiger partial charge in [-0.3, -0.25) is 14.4 Å². The van der Waals surface area contributed by atoms with Crippen LogP contribution in [0.25, 0.3) is 11.1 Å². The van der Waals surface area contributed by atoms with Crippen LogP contribution in [-0.2, 0) is 20.9 Å². The van der Waals surface area contributed by atoms with Crippen molar-refractivity contribution in [2.24, 2.45) is 5.73 Å². The van der Waals surface area contributed by atoms with Gasteiger partial charge in [-0.1, -0.05) is 30.3 Å². The van der Waals surface area contributed by atoms with Crippen LogP contribution >= 0.6 is 0 Å². The quantitative estimate of drug-likeness (QED) is 0.565. The molecule has 1 aromatic heterocycles. The average Bonchev–Trinajstić information content (AvgIpc) is 3.12. The lowest BCUT2D eigenvalue weighted by molar-refractivity contribution is -0.125. The third kappa shape index (κ3) is 4.03. The highest BCUT2D eigenvalue weighted by molar-refractivity contribution is 6.03. The van der Waals surface area contributed by atoms with Crippen LogP contribution in [0.2, 0.25) is 0 Å². The van der Waals surface area contributed by atoms with E-state index in [1.807, 2.05) is 30.3 Å². The maximum absolute atomic E-state index is 13.0. The third-order valence-electron chi connectivity index (χ3n) is 5.00. The van der Waals surface area contributed by atoms with Crippen molar-refractivity contribution in [2.75, 3.05) is 17.7 Å². The van der Waals surface area contributed by atoms with Crippen molar-refractivity contribution in [2.45, 2.75) is 19.1 Å². The van der Waals surface area contributed by atoms with Crippen molar-refractivity contribution < 1.29 is 19.1 Å². The summed E-state index contributed by atoms with van der Waals surface area (Å²) in [7, 11) is 1.56. The number of anilines is 2. The molecule has 9 heteroatoms. The molecule has 3 aromatic rings. The van der Waals surface area contributed by atoms with Gasteiger partial charge in [0.1, 0.15) is 11.9 Å². The Bertz CT molecular complexity index is 1140. The zero-order chi connectivity index (χ0) is 22.0. The van der Waals surface area contributed by atoms with Crippen LogP contribution in [0.3, 0.4) is 0 Å². The van der Waals surface area contributed by atoms with Gasteiger partial charge in [-0.15, -0.1) is 0 Å². The Morgan fingerprint density at radius 1 is 1.19 bits per heavy atom. The monoisotopic (exact) mass is 419 g/mol. The SMILES string of the molecule is COCc1nn2c(c1-c1ccccc1)NC(=O)C[C@@H]2C(=O)Nc1ccc(C(N)=O)cc1. The second-order valence-corrected chi connectivity index (χ2v) is 7.11. The van der Waals surface area contributed by atoms with Crippen LogP contribution in [0.5, 0.6) is 0 Å². The summed E-state index contributed by atoms with van der Waals surface area (Å²) in [4.78, 5) is 36.7. The van der Waals surface area contributed by atoms with Crippen molar-refractivity contribution in [1.29, 1.82) is 0 Å². The van der Waals surface area contributed by atoms with Crippen molar-refractivity contribution in [3.63, 3.8) is 0 Å². The average molecular weight is 419 g/mol. The van der Waals surface area contributed by atoms with Crippen LogP contribution in [0.4, 0.5) is 11.5 Å². The van der Waals surface area contributed by atoms with E-state index in [-0.39, 0.29) is 18.9 Å². The predicted molar refractivity (Wildman–Crippen MR) is 114 cm³/mol. The maximum atomic E-state index is 13.0. The minimum atomic E-state index is -0.840. The van der Waals surface area contributed by atoms with Crippen LogP contribution in [0.1, 0.15) is 28.5 Å². The zero-order valence-corrected chi connectivity index (χ0v) is 16.8. The number of methoxy groups -OCH3 is 1. The molecule has 0 unspecified atom stereocenters. The Balaban J connectivity index is 1.69. The van der Waals surface area contributed by atoms with Gasteiger partial charge in [-0.25, -0.2) is 4.68 Å². The molecule has 2 aromatic carbocycles. The van der Waals surface area contributed by atoms with E-state index in [1.165, 1.54) is 16.8 Å². The number of fused-ring (bicyclic) bond motifs is 1. The second-order valence-electron chi connectivity index (χ2n) is 7.11. The molecule has 1 aliphatic heterocycles. The largest absolute Gasteiger partial charge is 0.378 e. The van der Waals surface area contributed by atoms with E-state index in [0.29, 0.717) is 22.8 Å². The first kappa shape index (κ1) is 20.3. The molecule has 0 fully saturated rings. The molecule has 4 rings (SSSR count). The fourth-order valence-corrected chi connectivity index (χ4v) is 3.56. The third-order valence-corrected chi connectivity index (χ3v) is 5.00. The normalized spacial score (nSPS) is 15.1. The number of ether oxygens (including phenoxy) is 1. The van der Waals surface area contributed by atoms with Gasteiger partial charge in [-0.2, -0.15) is 5.10 Å². The van der Waals surface area contributed by atoms with Gasteiger partial charge in [0.05, 0.1) is 18.7 Å². The Kier molecular flexibility index (Phi) is 5.50. The Morgan fingerprint density at radius 2 is 1.90 bits per heavy atom. The van der Waals surface area contributed by atoms with Gasteiger partial charge in [0, 0.05) is 23.9 Å². The first-order chi connectivity index (χ1) is 15.0. The fourth-order valence-electron chi connectivity index (χ4n) is 3.56. The summed E-state index contributed by atoms with van der Waals surface area (Å²) in [5, 5.41) is 10.2.